The van der Waals surface area contributed by atoms with Crippen LogP contribution in [0.1, 0.15) is 5.56 Å². The van der Waals surface area contributed by atoms with Crippen molar-refractivity contribution >= 4 is 23.0 Å². The Balaban J connectivity index is 1.88. The minimum atomic E-state index is -0.229. The smallest absolute Gasteiger partial charge is 0.171 e. The number of hydrogen-bond donors (Lipinski definition) is 2. The molecule has 0 amide bonds. The summed E-state index contributed by atoms with van der Waals surface area (Å²) in [5, 5.41) is 6.47. The molecule has 2 N–H and O–H groups in total. The number of para-hydroxylation sites is 1. The standard InChI is InChI=1S/C14H13FN2S/c15-13-9-5-4-6-11(13)10-16-14(18)17-12-7-2-1-3-8-12/h1-9H,10H2,(H2,16,17,18). The zero-order chi connectivity index (χ0) is 12.8. The van der Waals surface area contributed by atoms with Gasteiger partial charge >= 0.3 is 0 Å². The molecule has 18 heavy (non-hydrogen) atoms. The summed E-state index contributed by atoms with van der Waals surface area (Å²) < 4.78 is 13.4. The summed E-state index contributed by atoms with van der Waals surface area (Å²) >= 11 is 5.13. The second kappa shape index (κ2) is 6.12. The van der Waals surface area contributed by atoms with Crippen LogP contribution in [0.4, 0.5) is 10.1 Å². The third kappa shape index (κ3) is 3.53. The highest BCUT2D eigenvalue weighted by Gasteiger charge is 2.01. The zero-order valence-corrected chi connectivity index (χ0v) is 10.5. The molecule has 0 aromatic heterocycles. The molecular weight excluding hydrogens is 247 g/mol. The van der Waals surface area contributed by atoms with Gasteiger partial charge in [-0.3, -0.25) is 0 Å². The molecule has 0 spiro atoms. The predicted octanol–water partition coefficient (Wildman–Crippen LogP) is 3.31. The van der Waals surface area contributed by atoms with E-state index in [0.717, 1.165) is 5.69 Å². The number of anilines is 1. The summed E-state index contributed by atoms with van der Waals surface area (Å²) in [7, 11) is 0. The Morgan fingerprint density at radius 2 is 1.67 bits per heavy atom. The summed E-state index contributed by atoms with van der Waals surface area (Å²) in [6.45, 7) is 0.366. The van der Waals surface area contributed by atoms with E-state index in [0.29, 0.717) is 17.2 Å². The van der Waals surface area contributed by atoms with E-state index in [9.17, 15) is 4.39 Å². The van der Waals surface area contributed by atoms with Crippen LogP contribution in [0, 0.1) is 5.82 Å². The first kappa shape index (κ1) is 12.5. The molecule has 2 nitrogen and oxygen atoms in total. The van der Waals surface area contributed by atoms with Crippen LogP contribution in [0.15, 0.2) is 54.6 Å². The fourth-order valence-electron chi connectivity index (χ4n) is 1.51. The van der Waals surface area contributed by atoms with Gasteiger partial charge in [-0.25, -0.2) is 4.39 Å². The number of halogens is 1. The maximum atomic E-state index is 13.4. The lowest BCUT2D eigenvalue weighted by Crippen LogP contribution is -2.28. The van der Waals surface area contributed by atoms with Gasteiger partial charge in [0.15, 0.2) is 5.11 Å². The zero-order valence-electron chi connectivity index (χ0n) is 9.69. The lowest BCUT2D eigenvalue weighted by Gasteiger charge is -2.10. The molecule has 0 radical (unpaired) electrons. The van der Waals surface area contributed by atoms with Gasteiger partial charge in [0, 0.05) is 17.8 Å². The molecule has 0 aliphatic rings. The Bertz CT molecular complexity index is 528. The summed E-state index contributed by atoms with van der Waals surface area (Å²) in [5.74, 6) is -0.229. The molecule has 0 saturated heterocycles. The molecule has 0 aliphatic heterocycles. The lowest BCUT2D eigenvalue weighted by molar-refractivity contribution is 0.606. The van der Waals surface area contributed by atoms with E-state index in [2.05, 4.69) is 10.6 Å². The first-order valence-corrected chi connectivity index (χ1v) is 6.00. The van der Waals surface area contributed by atoms with Crippen LogP contribution in [0.5, 0.6) is 0 Å². The van der Waals surface area contributed by atoms with Crippen LogP contribution in [0.3, 0.4) is 0 Å². The van der Waals surface area contributed by atoms with Crippen LogP contribution in [0.2, 0.25) is 0 Å². The molecule has 2 aromatic rings. The highest BCUT2D eigenvalue weighted by Crippen LogP contribution is 2.07. The van der Waals surface area contributed by atoms with Crippen molar-refractivity contribution in [3.8, 4) is 0 Å². The molecule has 0 fully saturated rings. The number of nitrogens with one attached hydrogen (secondary N) is 2. The second-order valence-electron chi connectivity index (χ2n) is 3.77. The molecule has 0 heterocycles. The van der Waals surface area contributed by atoms with Crippen molar-refractivity contribution < 1.29 is 4.39 Å². The molecule has 0 aliphatic carbocycles. The Hall–Kier alpha value is -1.94. The van der Waals surface area contributed by atoms with Crippen LogP contribution in [-0.2, 0) is 6.54 Å². The van der Waals surface area contributed by atoms with Gasteiger partial charge in [0.25, 0.3) is 0 Å². The van der Waals surface area contributed by atoms with Gasteiger partial charge in [-0.05, 0) is 30.4 Å². The number of hydrogen-bond acceptors (Lipinski definition) is 1. The normalized spacial score (nSPS) is 9.83. The minimum absolute atomic E-state index is 0.229. The fourth-order valence-corrected chi connectivity index (χ4v) is 1.70. The monoisotopic (exact) mass is 260 g/mol. The first-order chi connectivity index (χ1) is 8.75. The van der Waals surface area contributed by atoms with Gasteiger partial charge in [0.2, 0.25) is 0 Å². The summed E-state index contributed by atoms with van der Waals surface area (Å²) in [6.07, 6.45) is 0. The van der Waals surface area contributed by atoms with Gasteiger partial charge in [-0.15, -0.1) is 0 Å². The molecule has 92 valence electrons. The molecule has 0 saturated carbocycles. The van der Waals surface area contributed by atoms with Crippen LogP contribution >= 0.6 is 12.2 Å². The second-order valence-corrected chi connectivity index (χ2v) is 4.17. The van der Waals surface area contributed by atoms with E-state index in [1.54, 1.807) is 18.2 Å². The van der Waals surface area contributed by atoms with Gasteiger partial charge in [-0.1, -0.05) is 36.4 Å². The fraction of sp³-hybridized carbons (Fsp3) is 0.0714. The average molecular weight is 260 g/mol. The van der Waals surface area contributed by atoms with Crippen molar-refractivity contribution in [3.05, 3.63) is 66.0 Å². The third-order valence-electron chi connectivity index (χ3n) is 2.43. The largest absolute Gasteiger partial charge is 0.358 e. The van der Waals surface area contributed by atoms with E-state index in [1.165, 1.54) is 6.07 Å². The van der Waals surface area contributed by atoms with Crippen molar-refractivity contribution in [2.45, 2.75) is 6.54 Å². The molecular formula is C14H13FN2S. The molecule has 2 aromatic carbocycles. The summed E-state index contributed by atoms with van der Waals surface area (Å²) in [6, 6.07) is 16.2. The van der Waals surface area contributed by atoms with Crippen LogP contribution in [0.25, 0.3) is 0 Å². The quantitative estimate of drug-likeness (QED) is 0.828. The number of thiocarbonyl (C=S) groups is 1. The van der Waals surface area contributed by atoms with E-state index in [1.807, 2.05) is 30.3 Å². The van der Waals surface area contributed by atoms with Crippen molar-refractivity contribution in [2.75, 3.05) is 5.32 Å². The Morgan fingerprint density at radius 3 is 2.39 bits per heavy atom. The van der Waals surface area contributed by atoms with Gasteiger partial charge in [0.1, 0.15) is 5.82 Å². The van der Waals surface area contributed by atoms with Gasteiger partial charge in [0.05, 0.1) is 0 Å². The topological polar surface area (TPSA) is 24.1 Å². The molecule has 4 heteroatoms. The Morgan fingerprint density at radius 1 is 1.00 bits per heavy atom. The van der Waals surface area contributed by atoms with E-state index in [4.69, 9.17) is 12.2 Å². The Kier molecular flexibility index (Phi) is 4.25. The lowest BCUT2D eigenvalue weighted by atomic mass is 10.2. The third-order valence-corrected chi connectivity index (χ3v) is 2.68. The van der Waals surface area contributed by atoms with E-state index in [-0.39, 0.29) is 5.82 Å². The van der Waals surface area contributed by atoms with Gasteiger partial charge < -0.3 is 10.6 Å². The predicted molar refractivity (Wildman–Crippen MR) is 75.9 cm³/mol. The molecule has 0 bridgehead atoms. The van der Waals surface area contributed by atoms with E-state index < -0.39 is 0 Å². The van der Waals surface area contributed by atoms with Crippen molar-refractivity contribution in [1.82, 2.24) is 5.32 Å². The van der Waals surface area contributed by atoms with Crippen LogP contribution in [-0.4, -0.2) is 5.11 Å². The summed E-state index contributed by atoms with van der Waals surface area (Å²) in [4.78, 5) is 0. The van der Waals surface area contributed by atoms with Crippen LogP contribution < -0.4 is 10.6 Å². The average Bonchev–Trinajstić information content (AvgIpc) is 2.39. The van der Waals surface area contributed by atoms with Gasteiger partial charge in [-0.2, -0.15) is 0 Å². The summed E-state index contributed by atoms with van der Waals surface area (Å²) in [5.41, 5.74) is 1.50. The SMILES string of the molecule is Fc1ccccc1CNC(=S)Nc1ccccc1. The minimum Gasteiger partial charge on any atom is -0.358 e. The number of benzene rings is 2. The number of rotatable bonds is 3. The maximum Gasteiger partial charge on any atom is 0.171 e. The highest BCUT2D eigenvalue weighted by atomic mass is 32.1. The maximum absolute atomic E-state index is 13.4. The van der Waals surface area contributed by atoms with Crippen molar-refractivity contribution in [1.29, 1.82) is 0 Å². The highest BCUT2D eigenvalue weighted by molar-refractivity contribution is 7.80. The Labute approximate surface area is 111 Å². The van der Waals surface area contributed by atoms with Crippen molar-refractivity contribution in [2.24, 2.45) is 0 Å². The molecule has 0 unspecified atom stereocenters. The van der Waals surface area contributed by atoms with Crippen molar-refractivity contribution in [3.63, 3.8) is 0 Å². The molecule has 2 rings (SSSR count). The first-order valence-electron chi connectivity index (χ1n) is 5.59. The van der Waals surface area contributed by atoms with E-state index >= 15 is 0 Å². The molecule has 0 atom stereocenters.